The number of hydrogen-bond donors (Lipinski definition) is 0. The van der Waals surface area contributed by atoms with E-state index in [1.807, 2.05) is 0 Å². The molecule has 0 radical (unpaired) electrons. The van der Waals surface area contributed by atoms with Crippen molar-refractivity contribution in [3.05, 3.63) is 224 Å². The first kappa shape index (κ1) is 32.8. The first-order chi connectivity index (χ1) is 28.3. The highest BCUT2D eigenvalue weighted by molar-refractivity contribution is 6.17. The molecule has 57 heavy (non-hydrogen) atoms. The number of nitrogens with zero attached hydrogens (tertiary/aromatic N) is 3. The van der Waals surface area contributed by atoms with E-state index < -0.39 is 0 Å². The average Bonchev–Trinajstić information content (AvgIpc) is 3.81. The second-order valence-corrected chi connectivity index (χ2v) is 14.5. The number of aromatic nitrogens is 2. The van der Waals surface area contributed by atoms with Crippen LogP contribution in [0.15, 0.2) is 224 Å². The van der Waals surface area contributed by atoms with Gasteiger partial charge in [0.1, 0.15) is 0 Å². The van der Waals surface area contributed by atoms with E-state index in [1.165, 1.54) is 65.9 Å². The molecule has 11 aromatic rings. The highest BCUT2D eigenvalue weighted by Gasteiger charge is 2.23. The van der Waals surface area contributed by atoms with Crippen LogP contribution in [0, 0.1) is 0 Å². The lowest BCUT2D eigenvalue weighted by Crippen LogP contribution is -2.13. The van der Waals surface area contributed by atoms with Gasteiger partial charge in [0.2, 0.25) is 0 Å². The van der Waals surface area contributed by atoms with Crippen molar-refractivity contribution in [2.45, 2.75) is 0 Å². The van der Waals surface area contributed by atoms with Crippen molar-refractivity contribution in [2.75, 3.05) is 4.90 Å². The molecule has 0 saturated carbocycles. The van der Waals surface area contributed by atoms with Gasteiger partial charge in [0.05, 0.1) is 33.4 Å². The van der Waals surface area contributed by atoms with Gasteiger partial charge in [-0.2, -0.15) is 0 Å². The van der Waals surface area contributed by atoms with E-state index in [2.05, 4.69) is 238 Å². The summed E-state index contributed by atoms with van der Waals surface area (Å²) in [4.78, 5) is 2.43. The fourth-order valence-electron chi connectivity index (χ4n) is 8.80. The molecule has 0 bridgehead atoms. The van der Waals surface area contributed by atoms with Crippen LogP contribution in [0.5, 0.6) is 0 Å². The molecule has 0 aliphatic heterocycles. The molecular weight excluding hydrogens is 691 g/mol. The van der Waals surface area contributed by atoms with Gasteiger partial charge in [-0.25, -0.2) is 0 Å². The fraction of sp³-hybridized carbons (Fsp3) is 0. The van der Waals surface area contributed by atoms with Gasteiger partial charge in [-0.05, 0) is 95.1 Å². The molecular formula is C54H37N3. The zero-order chi connectivity index (χ0) is 37.7. The molecule has 0 aliphatic carbocycles. The van der Waals surface area contributed by atoms with E-state index in [0.717, 1.165) is 28.4 Å². The van der Waals surface area contributed by atoms with Crippen LogP contribution in [0.25, 0.3) is 77.2 Å². The van der Waals surface area contributed by atoms with E-state index in [-0.39, 0.29) is 0 Å². The number of benzene rings is 9. The van der Waals surface area contributed by atoms with Crippen molar-refractivity contribution in [3.63, 3.8) is 0 Å². The minimum Gasteiger partial charge on any atom is -0.309 e. The topological polar surface area (TPSA) is 13.1 Å². The minimum absolute atomic E-state index is 1.08. The summed E-state index contributed by atoms with van der Waals surface area (Å²) in [5.41, 5.74) is 15.0. The summed E-state index contributed by atoms with van der Waals surface area (Å²) < 4.78 is 4.84. The fourth-order valence-corrected chi connectivity index (χ4v) is 8.80. The first-order valence-electron chi connectivity index (χ1n) is 19.5. The molecule has 268 valence electrons. The molecule has 2 heterocycles. The summed E-state index contributed by atoms with van der Waals surface area (Å²) >= 11 is 0. The smallest absolute Gasteiger partial charge is 0.0702 e. The molecule has 0 aliphatic rings. The lowest BCUT2D eigenvalue weighted by Gasteiger charge is -2.28. The van der Waals surface area contributed by atoms with Crippen LogP contribution in [0.2, 0.25) is 0 Å². The Hall–Kier alpha value is -7.62. The van der Waals surface area contributed by atoms with E-state index in [1.54, 1.807) is 0 Å². The van der Waals surface area contributed by atoms with Gasteiger partial charge in [0.15, 0.2) is 0 Å². The Bertz CT molecular complexity index is 3160. The van der Waals surface area contributed by atoms with E-state index in [0.29, 0.717) is 0 Å². The Labute approximate surface area is 331 Å². The molecule has 9 aromatic carbocycles. The molecule has 0 fully saturated rings. The highest BCUT2D eigenvalue weighted by Crippen LogP contribution is 2.45. The van der Waals surface area contributed by atoms with E-state index in [9.17, 15) is 0 Å². The molecule has 0 atom stereocenters. The SMILES string of the molecule is c1ccc(-c2ccc(N(c3ccc4c(c3)c3c(-c5ccccc5)cccc3n4-c3ccccc3)c3ccccc3-n3c4ccccc4c4ccccc43)cc2)cc1. The van der Waals surface area contributed by atoms with Crippen LogP contribution in [-0.2, 0) is 0 Å². The number of para-hydroxylation sites is 5. The molecule has 3 nitrogen and oxygen atoms in total. The normalized spacial score (nSPS) is 11.5. The van der Waals surface area contributed by atoms with Gasteiger partial charge < -0.3 is 14.0 Å². The maximum Gasteiger partial charge on any atom is 0.0702 e. The molecule has 11 rings (SSSR count). The Morgan fingerprint density at radius 1 is 0.316 bits per heavy atom. The standard InChI is InChI=1S/C54H37N3/c1-4-17-38(18-5-1)39-31-33-42(34-32-39)55(51-28-14-15-29-52(51)57-48-26-12-10-23-45(48)46-24-11-13-27-49(46)57)43-35-36-50-47(37-43)54-44(40-19-6-2-7-20-40)25-16-30-53(54)56(50)41-21-8-3-9-22-41/h1-37H. The van der Waals surface area contributed by atoms with Crippen molar-refractivity contribution >= 4 is 60.7 Å². The van der Waals surface area contributed by atoms with Gasteiger partial charge in [0, 0.05) is 38.6 Å². The van der Waals surface area contributed by atoms with Gasteiger partial charge in [0.25, 0.3) is 0 Å². The van der Waals surface area contributed by atoms with Crippen LogP contribution in [0.3, 0.4) is 0 Å². The molecule has 0 saturated heterocycles. The second kappa shape index (κ2) is 13.6. The Kier molecular flexibility index (Phi) is 7.82. The maximum absolute atomic E-state index is 2.43. The van der Waals surface area contributed by atoms with Gasteiger partial charge in [-0.15, -0.1) is 0 Å². The summed E-state index contributed by atoms with van der Waals surface area (Å²) in [7, 11) is 0. The van der Waals surface area contributed by atoms with Crippen LogP contribution in [0.4, 0.5) is 17.1 Å². The van der Waals surface area contributed by atoms with Gasteiger partial charge >= 0.3 is 0 Å². The third-order valence-electron chi connectivity index (χ3n) is 11.3. The third-order valence-corrected chi connectivity index (χ3v) is 11.3. The van der Waals surface area contributed by atoms with Crippen molar-refractivity contribution in [1.82, 2.24) is 9.13 Å². The number of hydrogen-bond acceptors (Lipinski definition) is 1. The summed E-state index contributed by atoms with van der Waals surface area (Å²) in [5.74, 6) is 0. The molecule has 0 unspecified atom stereocenters. The monoisotopic (exact) mass is 727 g/mol. The lowest BCUT2D eigenvalue weighted by molar-refractivity contribution is 1.15. The maximum atomic E-state index is 2.43. The van der Waals surface area contributed by atoms with Crippen molar-refractivity contribution in [3.8, 4) is 33.6 Å². The number of anilines is 3. The van der Waals surface area contributed by atoms with Crippen LogP contribution < -0.4 is 4.90 Å². The quantitative estimate of drug-likeness (QED) is 0.159. The lowest BCUT2D eigenvalue weighted by atomic mass is 9.99. The van der Waals surface area contributed by atoms with Crippen LogP contribution in [0.1, 0.15) is 0 Å². The zero-order valence-corrected chi connectivity index (χ0v) is 31.2. The minimum atomic E-state index is 1.08. The molecule has 0 spiro atoms. The molecule has 3 heteroatoms. The second-order valence-electron chi connectivity index (χ2n) is 14.5. The molecule has 0 N–H and O–H groups in total. The third kappa shape index (κ3) is 5.43. The summed E-state index contributed by atoms with van der Waals surface area (Å²) in [6.45, 7) is 0. The van der Waals surface area contributed by atoms with E-state index in [4.69, 9.17) is 0 Å². The van der Waals surface area contributed by atoms with Crippen molar-refractivity contribution in [2.24, 2.45) is 0 Å². The van der Waals surface area contributed by atoms with Gasteiger partial charge in [-0.3, -0.25) is 0 Å². The average molecular weight is 728 g/mol. The summed E-state index contributed by atoms with van der Waals surface area (Å²) in [6.07, 6.45) is 0. The Morgan fingerprint density at radius 3 is 1.54 bits per heavy atom. The van der Waals surface area contributed by atoms with Crippen molar-refractivity contribution in [1.29, 1.82) is 0 Å². The zero-order valence-electron chi connectivity index (χ0n) is 31.2. The number of rotatable bonds is 7. The molecule has 0 amide bonds. The Balaban J connectivity index is 1.20. The predicted octanol–water partition coefficient (Wildman–Crippen LogP) is 14.7. The molecule has 2 aromatic heterocycles. The first-order valence-corrected chi connectivity index (χ1v) is 19.5. The van der Waals surface area contributed by atoms with Crippen molar-refractivity contribution < 1.29 is 0 Å². The van der Waals surface area contributed by atoms with Crippen LogP contribution >= 0.6 is 0 Å². The van der Waals surface area contributed by atoms with E-state index >= 15 is 0 Å². The largest absolute Gasteiger partial charge is 0.309 e. The Morgan fingerprint density at radius 2 is 0.842 bits per heavy atom. The summed E-state index contributed by atoms with van der Waals surface area (Å²) in [6, 6.07) is 81.1. The highest BCUT2D eigenvalue weighted by atomic mass is 15.2. The summed E-state index contributed by atoms with van der Waals surface area (Å²) in [5, 5.41) is 4.92. The van der Waals surface area contributed by atoms with Gasteiger partial charge in [-0.1, -0.05) is 152 Å². The van der Waals surface area contributed by atoms with Crippen LogP contribution in [-0.4, -0.2) is 9.13 Å². The predicted molar refractivity (Wildman–Crippen MR) is 241 cm³/mol. The number of fused-ring (bicyclic) bond motifs is 6.